The number of hydrogen-bond donors (Lipinski definition) is 0. The van der Waals surface area contributed by atoms with Crippen molar-refractivity contribution in [3.05, 3.63) is 0 Å². The van der Waals surface area contributed by atoms with Gasteiger partial charge >= 0.3 is 6.03 Å². The van der Waals surface area contributed by atoms with Crippen LogP contribution in [0.25, 0.3) is 0 Å². The fourth-order valence-corrected chi connectivity index (χ4v) is 1.99. The Morgan fingerprint density at radius 1 is 1.25 bits per heavy atom. The van der Waals surface area contributed by atoms with E-state index < -0.39 is 0 Å². The zero-order valence-corrected chi connectivity index (χ0v) is 10.6. The summed E-state index contributed by atoms with van der Waals surface area (Å²) in [7, 11) is 0. The highest BCUT2D eigenvalue weighted by atomic mass is 16.5. The fourth-order valence-electron chi connectivity index (χ4n) is 1.99. The molecule has 16 heavy (non-hydrogen) atoms. The summed E-state index contributed by atoms with van der Waals surface area (Å²) in [6.45, 7) is 8.67. The molecule has 1 rings (SSSR count). The number of ether oxygens (including phenoxy) is 1. The van der Waals surface area contributed by atoms with E-state index in [9.17, 15) is 4.79 Å². The Labute approximate surface area is 98.5 Å². The largest absolute Gasteiger partial charge is 0.380 e. The number of nitrogens with zero attached hydrogens (tertiary/aromatic N) is 2. The zero-order valence-electron chi connectivity index (χ0n) is 10.6. The highest BCUT2D eigenvalue weighted by Gasteiger charge is 2.20. The second-order valence-electron chi connectivity index (χ2n) is 4.11. The number of urea groups is 1. The van der Waals surface area contributed by atoms with Crippen LogP contribution in [0.2, 0.25) is 0 Å². The molecule has 0 atom stereocenters. The maximum atomic E-state index is 12.1. The summed E-state index contributed by atoms with van der Waals surface area (Å²) < 4.78 is 5.29. The lowest BCUT2D eigenvalue weighted by atomic mass is 10.1. The first-order valence-corrected chi connectivity index (χ1v) is 6.41. The number of amides is 2. The van der Waals surface area contributed by atoms with Crippen LogP contribution in [-0.2, 0) is 4.74 Å². The predicted octanol–water partition coefficient (Wildman–Crippen LogP) is 1.95. The van der Waals surface area contributed by atoms with Crippen LogP contribution in [0.3, 0.4) is 0 Å². The van der Waals surface area contributed by atoms with Gasteiger partial charge in [-0.3, -0.25) is 0 Å². The van der Waals surface area contributed by atoms with Crippen LogP contribution in [0.4, 0.5) is 4.79 Å². The van der Waals surface area contributed by atoms with Crippen molar-refractivity contribution in [2.45, 2.75) is 33.1 Å². The molecule has 2 amide bonds. The Kier molecular flexibility index (Phi) is 6.23. The van der Waals surface area contributed by atoms with Crippen LogP contribution in [-0.4, -0.2) is 55.2 Å². The Hall–Kier alpha value is -0.770. The Morgan fingerprint density at radius 3 is 2.50 bits per heavy atom. The molecule has 0 aromatic heterocycles. The first-order valence-electron chi connectivity index (χ1n) is 6.41. The molecule has 1 fully saturated rings. The van der Waals surface area contributed by atoms with Crippen LogP contribution >= 0.6 is 0 Å². The Morgan fingerprint density at radius 2 is 1.94 bits per heavy atom. The molecule has 0 radical (unpaired) electrons. The van der Waals surface area contributed by atoms with Crippen LogP contribution in [0.1, 0.15) is 33.1 Å². The Balaban J connectivity index is 2.35. The molecule has 1 heterocycles. The molecule has 1 aliphatic rings. The maximum absolute atomic E-state index is 12.1. The van der Waals surface area contributed by atoms with Gasteiger partial charge in [0, 0.05) is 32.8 Å². The minimum absolute atomic E-state index is 0.182. The van der Waals surface area contributed by atoms with E-state index in [2.05, 4.69) is 0 Å². The van der Waals surface area contributed by atoms with Gasteiger partial charge in [-0.15, -0.1) is 0 Å². The second-order valence-corrected chi connectivity index (χ2v) is 4.11. The molecular weight excluding hydrogens is 204 g/mol. The first-order chi connectivity index (χ1) is 7.79. The van der Waals surface area contributed by atoms with Gasteiger partial charge in [0.25, 0.3) is 0 Å². The summed E-state index contributed by atoms with van der Waals surface area (Å²) in [4.78, 5) is 16.0. The molecule has 0 aromatic rings. The third-order valence-electron chi connectivity index (χ3n) is 2.99. The molecule has 0 spiro atoms. The highest BCUT2D eigenvalue weighted by molar-refractivity contribution is 5.74. The average Bonchev–Trinajstić information content (AvgIpc) is 2.35. The second kappa shape index (κ2) is 7.49. The number of piperidine rings is 1. The van der Waals surface area contributed by atoms with E-state index in [1.807, 2.05) is 23.6 Å². The summed E-state index contributed by atoms with van der Waals surface area (Å²) in [6.07, 6.45) is 3.55. The molecule has 94 valence electrons. The van der Waals surface area contributed by atoms with Crippen molar-refractivity contribution in [2.75, 3.05) is 39.4 Å². The lowest BCUT2D eigenvalue weighted by Crippen LogP contribution is -2.46. The number of likely N-dealkylation sites (tertiary alicyclic amines) is 1. The van der Waals surface area contributed by atoms with E-state index in [4.69, 9.17) is 4.74 Å². The summed E-state index contributed by atoms with van der Waals surface area (Å²) in [6, 6.07) is 0.182. The standard InChI is InChI=1S/C12H24N2O2/c1-3-13(10-11-16-4-2)12(15)14-8-6-5-7-9-14/h3-11H2,1-2H3. The van der Waals surface area contributed by atoms with E-state index in [1.165, 1.54) is 6.42 Å². The summed E-state index contributed by atoms with van der Waals surface area (Å²) in [5.74, 6) is 0. The topological polar surface area (TPSA) is 32.8 Å². The van der Waals surface area contributed by atoms with Gasteiger partial charge in [0.2, 0.25) is 0 Å². The van der Waals surface area contributed by atoms with Gasteiger partial charge < -0.3 is 14.5 Å². The molecule has 1 saturated heterocycles. The summed E-state index contributed by atoms with van der Waals surface area (Å²) in [5.41, 5.74) is 0. The average molecular weight is 228 g/mol. The lowest BCUT2D eigenvalue weighted by molar-refractivity contribution is 0.104. The molecule has 1 aliphatic heterocycles. The summed E-state index contributed by atoms with van der Waals surface area (Å²) >= 11 is 0. The lowest BCUT2D eigenvalue weighted by Gasteiger charge is -2.32. The van der Waals surface area contributed by atoms with Gasteiger partial charge in [0.05, 0.1) is 6.61 Å². The third kappa shape index (κ3) is 4.00. The molecule has 0 bridgehead atoms. The Bertz CT molecular complexity index is 203. The zero-order chi connectivity index (χ0) is 11.8. The third-order valence-corrected chi connectivity index (χ3v) is 2.99. The van der Waals surface area contributed by atoms with Crippen molar-refractivity contribution in [3.8, 4) is 0 Å². The summed E-state index contributed by atoms with van der Waals surface area (Å²) in [5, 5.41) is 0. The van der Waals surface area contributed by atoms with Crippen LogP contribution in [0, 0.1) is 0 Å². The molecular formula is C12H24N2O2. The number of rotatable bonds is 5. The van der Waals surface area contributed by atoms with Crippen molar-refractivity contribution in [1.29, 1.82) is 0 Å². The highest BCUT2D eigenvalue weighted by Crippen LogP contribution is 2.11. The van der Waals surface area contributed by atoms with Crippen LogP contribution in [0.5, 0.6) is 0 Å². The van der Waals surface area contributed by atoms with E-state index in [1.54, 1.807) is 0 Å². The minimum atomic E-state index is 0.182. The van der Waals surface area contributed by atoms with Gasteiger partial charge in [-0.05, 0) is 33.1 Å². The first kappa shape index (κ1) is 13.3. The molecule has 4 nitrogen and oxygen atoms in total. The van der Waals surface area contributed by atoms with Crippen LogP contribution < -0.4 is 0 Å². The van der Waals surface area contributed by atoms with Crippen molar-refractivity contribution in [1.82, 2.24) is 9.80 Å². The predicted molar refractivity (Wildman–Crippen MR) is 64.6 cm³/mol. The number of carbonyl (C=O) groups excluding carboxylic acids is 1. The maximum Gasteiger partial charge on any atom is 0.320 e. The van der Waals surface area contributed by atoms with Crippen molar-refractivity contribution < 1.29 is 9.53 Å². The quantitative estimate of drug-likeness (QED) is 0.674. The van der Waals surface area contributed by atoms with E-state index in [0.717, 1.165) is 39.1 Å². The SMILES string of the molecule is CCOCCN(CC)C(=O)N1CCCCC1. The van der Waals surface area contributed by atoms with Gasteiger partial charge in [-0.25, -0.2) is 4.79 Å². The van der Waals surface area contributed by atoms with Gasteiger partial charge in [-0.2, -0.15) is 0 Å². The van der Waals surface area contributed by atoms with E-state index in [-0.39, 0.29) is 6.03 Å². The minimum Gasteiger partial charge on any atom is -0.380 e. The van der Waals surface area contributed by atoms with Gasteiger partial charge in [0.15, 0.2) is 0 Å². The van der Waals surface area contributed by atoms with Crippen molar-refractivity contribution in [3.63, 3.8) is 0 Å². The molecule has 0 unspecified atom stereocenters. The normalized spacial score (nSPS) is 16.2. The smallest absolute Gasteiger partial charge is 0.320 e. The van der Waals surface area contributed by atoms with Crippen molar-refractivity contribution >= 4 is 6.03 Å². The van der Waals surface area contributed by atoms with Crippen molar-refractivity contribution in [2.24, 2.45) is 0 Å². The van der Waals surface area contributed by atoms with Crippen LogP contribution in [0.15, 0.2) is 0 Å². The monoisotopic (exact) mass is 228 g/mol. The fraction of sp³-hybridized carbons (Fsp3) is 0.917. The van der Waals surface area contributed by atoms with Gasteiger partial charge in [0.1, 0.15) is 0 Å². The molecule has 0 aromatic carbocycles. The molecule has 0 saturated carbocycles. The van der Waals surface area contributed by atoms with E-state index in [0.29, 0.717) is 13.2 Å². The number of likely N-dealkylation sites (N-methyl/N-ethyl adjacent to an activating group) is 1. The van der Waals surface area contributed by atoms with E-state index >= 15 is 0 Å². The molecule has 0 aliphatic carbocycles. The number of hydrogen-bond acceptors (Lipinski definition) is 2. The number of carbonyl (C=O) groups is 1. The van der Waals surface area contributed by atoms with Gasteiger partial charge in [-0.1, -0.05) is 0 Å². The molecule has 4 heteroatoms. The molecule has 0 N–H and O–H groups in total.